The second kappa shape index (κ2) is 9.55. The Bertz CT molecular complexity index is 791. The van der Waals surface area contributed by atoms with Crippen molar-refractivity contribution in [1.29, 1.82) is 0 Å². The van der Waals surface area contributed by atoms with Gasteiger partial charge in [0.15, 0.2) is 0 Å². The Kier molecular flexibility index (Phi) is 6.87. The number of rotatable bonds is 6. The molecule has 0 saturated heterocycles. The lowest BCUT2D eigenvalue weighted by Crippen LogP contribution is -2.40. The number of urea groups is 1. The fourth-order valence-corrected chi connectivity index (χ4v) is 3.32. The van der Waals surface area contributed by atoms with E-state index in [1.54, 1.807) is 17.0 Å². The van der Waals surface area contributed by atoms with Gasteiger partial charge < -0.3 is 15.0 Å². The van der Waals surface area contributed by atoms with Gasteiger partial charge in [-0.1, -0.05) is 32.0 Å². The molecule has 0 unspecified atom stereocenters. The molecule has 150 valence electrons. The Morgan fingerprint density at radius 2 is 1.86 bits per heavy atom. The number of hydrogen-bond acceptors (Lipinski definition) is 3. The number of carbonyl (C=O) groups is 1. The van der Waals surface area contributed by atoms with E-state index in [9.17, 15) is 9.18 Å². The highest BCUT2D eigenvalue weighted by atomic mass is 19.1. The van der Waals surface area contributed by atoms with Gasteiger partial charge in [-0.3, -0.25) is 4.90 Å². The fourth-order valence-electron chi connectivity index (χ4n) is 3.32. The first-order chi connectivity index (χ1) is 13.6. The monoisotopic (exact) mass is 385 g/mol. The topological polar surface area (TPSA) is 44.8 Å². The van der Waals surface area contributed by atoms with E-state index in [4.69, 9.17) is 4.74 Å². The van der Waals surface area contributed by atoms with Crippen LogP contribution in [0.1, 0.15) is 30.5 Å². The number of benzene rings is 2. The predicted molar refractivity (Wildman–Crippen MR) is 108 cm³/mol. The molecule has 2 aromatic rings. The van der Waals surface area contributed by atoms with Crippen molar-refractivity contribution < 1.29 is 13.9 Å². The third kappa shape index (κ3) is 5.23. The summed E-state index contributed by atoms with van der Waals surface area (Å²) in [5, 5.41) is 2.91. The fraction of sp³-hybridized carbons (Fsp3) is 0.409. The number of hydrogen-bond donors (Lipinski definition) is 1. The molecule has 2 aromatic carbocycles. The first kappa shape index (κ1) is 20.1. The van der Waals surface area contributed by atoms with Gasteiger partial charge in [-0.2, -0.15) is 0 Å². The van der Waals surface area contributed by atoms with Gasteiger partial charge in [0.05, 0.1) is 13.1 Å². The van der Waals surface area contributed by atoms with Crippen molar-refractivity contribution in [2.45, 2.75) is 33.5 Å². The van der Waals surface area contributed by atoms with Crippen LogP contribution in [0.3, 0.4) is 0 Å². The molecule has 5 nitrogen and oxygen atoms in total. The molecule has 0 radical (unpaired) electrons. The molecule has 0 aliphatic carbocycles. The maximum absolute atomic E-state index is 13.0. The van der Waals surface area contributed by atoms with Crippen LogP contribution in [0.2, 0.25) is 0 Å². The summed E-state index contributed by atoms with van der Waals surface area (Å²) in [6, 6.07) is 12.2. The van der Waals surface area contributed by atoms with Gasteiger partial charge in [-0.15, -0.1) is 0 Å². The Balaban J connectivity index is 1.64. The standard InChI is InChI=1S/C22H28FN3O2/c1-3-25(4-2)15-18-7-10-21-19(13-18)16-26(11-12-28-21)22(27)24-14-17-5-8-20(23)9-6-17/h5-10,13H,3-4,11-12,14-16H2,1-2H3,(H,24,27). The van der Waals surface area contributed by atoms with Crippen molar-refractivity contribution in [2.24, 2.45) is 0 Å². The van der Waals surface area contributed by atoms with E-state index in [2.05, 4.69) is 36.2 Å². The highest BCUT2D eigenvalue weighted by Crippen LogP contribution is 2.25. The largest absolute Gasteiger partial charge is 0.491 e. The molecule has 0 bridgehead atoms. The van der Waals surface area contributed by atoms with Crippen LogP contribution in [-0.4, -0.2) is 42.1 Å². The Hall–Kier alpha value is -2.60. The smallest absolute Gasteiger partial charge is 0.318 e. The summed E-state index contributed by atoms with van der Waals surface area (Å²) in [6.45, 7) is 9.07. The SMILES string of the molecule is CCN(CC)Cc1ccc2c(c1)CN(C(=O)NCc1ccc(F)cc1)CCO2. The van der Waals surface area contributed by atoms with Crippen LogP contribution in [0.15, 0.2) is 42.5 Å². The lowest BCUT2D eigenvalue weighted by molar-refractivity contribution is 0.187. The van der Waals surface area contributed by atoms with Crippen LogP contribution in [0.4, 0.5) is 9.18 Å². The van der Waals surface area contributed by atoms with Crippen molar-refractivity contribution in [2.75, 3.05) is 26.2 Å². The van der Waals surface area contributed by atoms with Crippen molar-refractivity contribution in [3.63, 3.8) is 0 Å². The maximum Gasteiger partial charge on any atom is 0.318 e. The summed E-state index contributed by atoms with van der Waals surface area (Å²) < 4.78 is 18.8. The zero-order valence-corrected chi connectivity index (χ0v) is 16.6. The van der Waals surface area contributed by atoms with Crippen LogP contribution >= 0.6 is 0 Å². The molecule has 2 amide bonds. The molecule has 1 N–H and O–H groups in total. The summed E-state index contributed by atoms with van der Waals surface area (Å²) in [7, 11) is 0. The summed E-state index contributed by atoms with van der Waals surface area (Å²) >= 11 is 0. The van der Waals surface area contributed by atoms with Gasteiger partial charge in [0.2, 0.25) is 0 Å². The molecule has 1 heterocycles. The van der Waals surface area contributed by atoms with Gasteiger partial charge in [-0.25, -0.2) is 9.18 Å². The number of halogens is 1. The van der Waals surface area contributed by atoms with Crippen LogP contribution in [0, 0.1) is 5.82 Å². The lowest BCUT2D eigenvalue weighted by atomic mass is 10.1. The average Bonchev–Trinajstić information content (AvgIpc) is 2.93. The molecule has 0 fully saturated rings. The minimum atomic E-state index is -0.281. The third-order valence-electron chi connectivity index (χ3n) is 5.05. The molecule has 6 heteroatoms. The second-order valence-corrected chi connectivity index (χ2v) is 6.96. The molecule has 0 aromatic heterocycles. The van der Waals surface area contributed by atoms with Crippen molar-refractivity contribution in [3.05, 3.63) is 65.0 Å². The second-order valence-electron chi connectivity index (χ2n) is 6.96. The van der Waals surface area contributed by atoms with Crippen molar-refractivity contribution >= 4 is 6.03 Å². The van der Waals surface area contributed by atoms with Gasteiger partial charge in [-0.05, 0) is 48.5 Å². The van der Waals surface area contributed by atoms with Gasteiger partial charge >= 0.3 is 6.03 Å². The minimum absolute atomic E-state index is 0.144. The van der Waals surface area contributed by atoms with E-state index in [0.717, 1.165) is 36.5 Å². The normalized spacial score (nSPS) is 13.6. The third-order valence-corrected chi connectivity index (χ3v) is 5.05. The van der Waals surface area contributed by atoms with Gasteiger partial charge in [0.1, 0.15) is 18.2 Å². The summed E-state index contributed by atoms with van der Waals surface area (Å²) in [5.41, 5.74) is 3.11. The molecule has 3 rings (SSSR count). The zero-order chi connectivity index (χ0) is 19.9. The van der Waals surface area contributed by atoms with Crippen molar-refractivity contribution in [1.82, 2.24) is 15.1 Å². The number of fused-ring (bicyclic) bond motifs is 1. The summed E-state index contributed by atoms with van der Waals surface area (Å²) in [5.74, 6) is 0.564. The Morgan fingerprint density at radius 3 is 2.57 bits per heavy atom. The minimum Gasteiger partial charge on any atom is -0.491 e. The van der Waals surface area contributed by atoms with Crippen LogP contribution in [0.25, 0.3) is 0 Å². The van der Waals surface area contributed by atoms with Gasteiger partial charge in [0.25, 0.3) is 0 Å². The highest BCUT2D eigenvalue weighted by molar-refractivity contribution is 5.74. The van der Waals surface area contributed by atoms with E-state index in [1.807, 2.05) is 6.07 Å². The maximum atomic E-state index is 13.0. The number of amides is 2. The Labute approximate surface area is 166 Å². The van der Waals surface area contributed by atoms with E-state index in [1.165, 1.54) is 17.7 Å². The number of carbonyl (C=O) groups excluding carboxylic acids is 1. The van der Waals surface area contributed by atoms with Crippen LogP contribution < -0.4 is 10.1 Å². The number of ether oxygens (including phenoxy) is 1. The van der Waals surface area contributed by atoms with Crippen molar-refractivity contribution in [3.8, 4) is 5.75 Å². The quantitative estimate of drug-likeness (QED) is 0.823. The Morgan fingerprint density at radius 1 is 1.14 bits per heavy atom. The van der Waals surface area contributed by atoms with E-state index >= 15 is 0 Å². The van der Waals surface area contributed by atoms with E-state index in [0.29, 0.717) is 26.2 Å². The molecule has 0 saturated carbocycles. The molecule has 1 aliphatic rings. The molecule has 0 atom stereocenters. The molecular formula is C22H28FN3O2. The molecule has 0 spiro atoms. The molecule has 1 aliphatic heterocycles. The lowest BCUT2D eigenvalue weighted by Gasteiger charge is -2.21. The highest BCUT2D eigenvalue weighted by Gasteiger charge is 2.20. The molecule has 28 heavy (non-hydrogen) atoms. The summed E-state index contributed by atoms with van der Waals surface area (Å²) in [4.78, 5) is 16.7. The van der Waals surface area contributed by atoms with Crippen LogP contribution in [0.5, 0.6) is 5.75 Å². The van der Waals surface area contributed by atoms with E-state index < -0.39 is 0 Å². The first-order valence-corrected chi connectivity index (χ1v) is 9.83. The first-order valence-electron chi connectivity index (χ1n) is 9.83. The number of nitrogens with one attached hydrogen (secondary N) is 1. The predicted octanol–water partition coefficient (Wildman–Crippen LogP) is 3.77. The summed E-state index contributed by atoms with van der Waals surface area (Å²) in [6.07, 6.45) is 0. The molecular weight excluding hydrogens is 357 g/mol. The van der Waals surface area contributed by atoms with E-state index in [-0.39, 0.29) is 11.8 Å². The average molecular weight is 385 g/mol. The zero-order valence-electron chi connectivity index (χ0n) is 16.6. The van der Waals surface area contributed by atoms with Gasteiger partial charge in [0, 0.05) is 18.7 Å². The number of nitrogens with zero attached hydrogens (tertiary/aromatic N) is 2. The van der Waals surface area contributed by atoms with Crippen LogP contribution in [-0.2, 0) is 19.6 Å².